The number of hydrogen-bond acceptors (Lipinski definition) is 5. The van der Waals surface area contributed by atoms with Crippen LogP contribution in [0.15, 0.2) is 0 Å². The molecule has 0 aliphatic heterocycles. The van der Waals surface area contributed by atoms with Gasteiger partial charge in [-0.25, -0.2) is 0 Å². The Labute approximate surface area is 178 Å². The van der Waals surface area contributed by atoms with Crippen LogP contribution in [0.2, 0.25) is 0 Å². The number of hydrogen-bond donors (Lipinski definition) is 1. The molecule has 0 saturated heterocycles. The van der Waals surface area contributed by atoms with Crippen molar-refractivity contribution in [2.24, 2.45) is 0 Å². The van der Waals surface area contributed by atoms with E-state index in [0.717, 1.165) is 12.8 Å². The summed E-state index contributed by atoms with van der Waals surface area (Å²) in [6.07, 6.45) is 15.4. The molecule has 0 aromatic carbocycles. The molecule has 0 spiro atoms. The van der Waals surface area contributed by atoms with Gasteiger partial charge in [-0.3, -0.25) is 4.79 Å². The Balaban J connectivity index is 3.80. The van der Waals surface area contributed by atoms with Crippen molar-refractivity contribution < 1.29 is 29.0 Å². The van der Waals surface area contributed by atoms with E-state index in [9.17, 15) is 19.8 Å². The first-order chi connectivity index (χ1) is 13.6. The summed E-state index contributed by atoms with van der Waals surface area (Å²) in [5.74, 6) is -4.01. The van der Waals surface area contributed by atoms with E-state index in [4.69, 9.17) is 4.74 Å². The lowest BCUT2D eigenvalue weighted by molar-refractivity contribution is -0.880. The maximum atomic E-state index is 12.0. The number of ether oxygens (including phenoxy) is 1. The van der Waals surface area contributed by atoms with E-state index >= 15 is 0 Å². The van der Waals surface area contributed by atoms with E-state index in [1.165, 1.54) is 64.2 Å². The van der Waals surface area contributed by atoms with E-state index in [1.807, 2.05) is 0 Å². The number of quaternary nitrogens is 1. The van der Waals surface area contributed by atoms with Gasteiger partial charge in [-0.05, 0) is 6.42 Å². The Bertz CT molecular complexity index is 447. The number of unbranched alkanes of at least 4 members (excludes halogenated alkanes) is 12. The number of nitrogens with zero attached hydrogens (tertiary/aromatic N) is 1. The summed E-state index contributed by atoms with van der Waals surface area (Å²) in [5.41, 5.74) is 0. The van der Waals surface area contributed by atoms with E-state index in [2.05, 4.69) is 6.92 Å². The third-order valence-electron chi connectivity index (χ3n) is 4.93. The number of carboxylic acids is 1. The highest BCUT2D eigenvalue weighted by atomic mass is 16.7. The highest BCUT2D eigenvalue weighted by Gasteiger charge is 2.37. The summed E-state index contributed by atoms with van der Waals surface area (Å²) in [5, 5.41) is 21.3. The quantitative estimate of drug-likeness (QED) is 0.151. The summed E-state index contributed by atoms with van der Waals surface area (Å²) in [6, 6.07) is 0. The molecular weight excluding hydrogens is 370 g/mol. The highest BCUT2D eigenvalue weighted by Crippen LogP contribution is 2.18. The number of carbonyl (C=O) groups excluding carboxylic acids is 2. The van der Waals surface area contributed by atoms with Crippen LogP contribution in [0, 0.1) is 0 Å². The number of carboxylic acid groups (broad SMARTS) is 1. The van der Waals surface area contributed by atoms with Crippen LogP contribution < -0.4 is 5.11 Å². The standard InChI is InChI=1S/C23H45NO5/c1-5-6-7-8-9-10-11-12-13-14-15-16-17-18-22(27)29-23(28,19-21(25)26)20-24(2,3)4/h28H,5-20H2,1-4H3/t23-/m1/s1. The summed E-state index contributed by atoms with van der Waals surface area (Å²) in [7, 11) is 5.38. The Hall–Kier alpha value is -1.14. The Morgan fingerprint density at radius 3 is 1.62 bits per heavy atom. The molecule has 0 radical (unpaired) electrons. The number of likely N-dealkylation sites (N-methyl/N-ethyl adjacent to an activating group) is 1. The molecule has 0 aromatic heterocycles. The average molecular weight is 416 g/mol. The number of aliphatic carboxylic acids is 1. The van der Waals surface area contributed by atoms with Gasteiger partial charge in [0.2, 0.25) is 0 Å². The topological polar surface area (TPSA) is 86.7 Å². The van der Waals surface area contributed by atoms with Crippen LogP contribution in [0.5, 0.6) is 0 Å². The van der Waals surface area contributed by atoms with Crippen LogP contribution in [-0.4, -0.2) is 55.0 Å². The van der Waals surface area contributed by atoms with Crippen molar-refractivity contribution in [3.8, 4) is 0 Å². The predicted molar refractivity (Wildman–Crippen MR) is 114 cm³/mol. The molecule has 172 valence electrons. The second-order valence-corrected chi connectivity index (χ2v) is 9.41. The van der Waals surface area contributed by atoms with Gasteiger partial charge in [-0.2, -0.15) is 0 Å². The second kappa shape index (κ2) is 15.7. The van der Waals surface area contributed by atoms with Gasteiger partial charge >= 0.3 is 5.97 Å². The molecule has 0 fully saturated rings. The minimum absolute atomic E-state index is 0.00861. The van der Waals surface area contributed by atoms with Gasteiger partial charge in [0.1, 0.15) is 6.54 Å². The molecule has 6 nitrogen and oxygen atoms in total. The maximum absolute atomic E-state index is 12.0. The fourth-order valence-electron chi connectivity index (χ4n) is 3.64. The van der Waals surface area contributed by atoms with Crippen LogP contribution in [0.1, 0.15) is 103 Å². The summed E-state index contributed by atoms with van der Waals surface area (Å²) in [6.45, 7) is 2.23. The summed E-state index contributed by atoms with van der Waals surface area (Å²) < 4.78 is 5.39. The van der Waals surface area contributed by atoms with E-state index in [-0.39, 0.29) is 17.4 Å². The van der Waals surface area contributed by atoms with Crippen molar-refractivity contribution in [2.75, 3.05) is 27.7 Å². The molecule has 29 heavy (non-hydrogen) atoms. The Kier molecular flexibility index (Phi) is 15.1. The first-order valence-corrected chi connectivity index (χ1v) is 11.5. The fraction of sp³-hybridized carbons (Fsp3) is 0.913. The zero-order valence-electron chi connectivity index (χ0n) is 19.3. The lowest BCUT2D eigenvalue weighted by Gasteiger charge is -2.35. The molecule has 0 rings (SSSR count). The van der Waals surface area contributed by atoms with Gasteiger partial charge < -0.3 is 24.2 Å². The molecule has 6 heteroatoms. The van der Waals surface area contributed by atoms with Gasteiger partial charge in [-0.15, -0.1) is 0 Å². The smallest absolute Gasteiger partial charge is 0.308 e. The molecule has 1 N–H and O–H groups in total. The van der Waals surface area contributed by atoms with Crippen LogP contribution in [0.4, 0.5) is 0 Å². The normalized spacial score (nSPS) is 13.8. The molecule has 0 heterocycles. The van der Waals surface area contributed by atoms with Gasteiger partial charge in [0.15, 0.2) is 0 Å². The number of aliphatic hydroxyl groups is 1. The van der Waals surface area contributed by atoms with E-state index < -0.39 is 24.1 Å². The van der Waals surface area contributed by atoms with Crippen molar-refractivity contribution in [3.63, 3.8) is 0 Å². The minimum Gasteiger partial charge on any atom is -0.550 e. The molecule has 0 bridgehead atoms. The second-order valence-electron chi connectivity index (χ2n) is 9.41. The molecule has 1 atom stereocenters. The van der Waals surface area contributed by atoms with Crippen LogP contribution in [0.25, 0.3) is 0 Å². The van der Waals surface area contributed by atoms with Crippen molar-refractivity contribution in [3.05, 3.63) is 0 Å². The van der Waals surface area contributed by atoms with Gasteiger partial charge in [-0.1, -0.05) is 84.0 Å². The van der Waals surface area contributed by atoms with Crippen molar-refractivity contribution in [1.29, 1.82) is 0 Å². The Morgan fingerprint density at radius 2 is 1.24 bits per heavy atom. The van der Waals surface area contributed by atoms with Crippen LogP contribution in [0.3, 0.4) is 0 Å². The summed E-state index contributed by atoms with van der Waals surface area (Å²) in [4.78, 5) is 22.9. The van der Waals surface area contributed by atoms with Gasteiger partial charge in [0.25, 0.3) is 5.79 Å². The zero-order valence-corrected chi connectivity index (χ0v) is 19.3. The largest absolute Gasteiger partial charge is 0.550 e. The minimum atomic E-state index is -2.02. The first kappa shape index (κ1) is 27.9. The lowest BCUT2D eigenvalue weighted by atomic mass is 10.0. The molecular formula is C23H45NO5. The summed E-state index contributed by atoms with van der Waals surface area (Å²) >= 11 is 0. The fourth-order valence-corrected chi connectivity index (χ4v) is 3.64. The number of rotatable bonds is 19. The SMILES string of the molecule is CCCCCCCCCCCCCCCC(=O)O[C@](O)(CC(=O)[O-])C[N+](C)(C)C. The highest BCUT2D eigenvalue weighted by molar-refractivity contribution is 5.71. The van der Waals surface area contributed by atoms with Crippen LogP contribution in [-0.2, 0) is 14.3 Å². The number of esters is 1. The monoisotopic (exact) mass is 415 g/mol. The molecule has 0 aliphatic rings. The zero-order chi connectivity index (χ0) is 22.2. The van der Waals surface area contributed by atoms with Crippen molar-refractivity contribution >= 4 is 11.9 Å². The van der Waals surface area contributed by atoms with Crippen molar-refractivity contribution in [2.45, 2.75) is 109 Å². The van der Waals surface area contributed by atoms with Crippen LogP contribution >= 0.6 is 0 Å². The maximum Gasteiger partial charge on any atom is 0.308 e. The van der Waals surface area contributed by atoms with Gasteiger partial charge in [0, 0.05) is 12.4 Å². The van der Waals surface area contributed by atoms with Gasteiger partial charge in [0.05, 0.1) is 27.6 Å². The first-order valence-electron chi connectivity index (χ1n) is 11.5. The van der Waals surface area contributed by atoms with Crippen molar-refractivity contribution in [1.82, 2.24) is 0 Å². The van der Waals surface area contributed by atoms with E-state index in [0.29, 0.717) is 6.42 Å². The number of carbonyl (C=O) groups is 2. The molecule has 0 unspecified atom stereocenters. The third-order valence-corrected chi connectivity index (χ3v) is 4.93. The Morgan fingerprint density at radius 1 is 0.828 bits per heavy atom. The predicted octanol–water partition coefficient (Wildman–Crippen LogP) is 3.55. The third kappa shape index (κ3) is 18.6. The molecule has 0 aromatic rings. The van der Waals surface area contributed by atoms with E-state index in [1.54, 1.807) is 21.1 Å². The lowest BCUT2D eigenvalue weighted by Crippen LogP contribution is -2.54. The average Bonchev–Trinajstić information content (AvgIpc) is 2.56. The molecule has 0 saturated carbocycles. The molecule has 0 amide bonds. The molecule has 0 aliphatic carbocycles.